The van der Waals surface area contributed by atoms with Crippen LogP contribution >= 0.6 is 11.6 Å². The Balaban J connectivity index is 2.86. The van der Waals surface area contributed by atoms with Gasteiger partial charge in [-0.2, -0.15) is 0 Å². The average Bonchev–Trinajstić information content (AvgIpc) is 2.39. The van der Waals surface area contributed by atoms with Gasteiger partial charge in [0.15, 0.2) is 0 Å². The van der Waals surface area contributed by atoms with E-state index in [4.69, 9.17) is 16.3 Å². The SMILES string of the molecule is CCC(C)N(CCOC)c1cc(CCl)ccn1. The van der Waals surface area contributed by atoms with Crippen LogP contribution < -0.4 is 4.90 Å². The van der Waals surface area contributed by atoms with Crippen LogP contribution in [0.15, 0.2) is 18.3 Å². The van der Waals surface area contributed by atoms with Gasteiger partial charge >= 0.3 is 0 Å². The minimum Gasteiger partial charge on any atom is -0.383 e. The van der Waals surface area contributed by atoms with Gasteiger partial charge in [0.05, 0.1) is 6.61 Å². The van der Waals surface area contributed by atoms with Crippen molar-refractivity contribution in [3.05, 3.63) is 23.9 Å². The first-order chi connectivity index (χ1) is 8.22. The number of hydrogen-bond donors (Lipinski definition) is 0. The van der Waals surface area contributed by atoms with E-state index in [1.165, 1.54) is 0 Å². The van der Waals surface area contributed by atoms with E-state index in [1.807, 2.05) is 12.3 Å². The van der Waals surface area contributed by atoms with Crippen LogP contribution in [-0.2, 0) is 10.6 Å². The molecule has 0 saturated heterocycles. The van der Waals surface area contributed by atoms with E-state index in [0.717, 1.165) is 24.3 Å². The molecule has 0 radical (unpaired) electrons. The number of aromatic nitrogens is 1. The average molecular weight is 257 g/mol. The number of methoxy groups -OCH3 is 1. The lowest BCUT2D eigenvalue weighted by atomic mass is 10.2. The molecule has 96 valence electrons. The summed E-state index contributed by atoms with van der Waals surface area (Å²) >= 11 is 5.85. The zero-order valence-corrected chi connectivity index (χ0v) is 11.6. The van der Waals surface area contributed by atoms with Gasteiger partial charge in [-0.1, -0.05) is 6.92 Å². The molecule has 0 aromatic carbocycles. The van der Waals surface area contributed by atoms with Gasteiger partial charge in [0, 0.05) is 31.8 Å². The summed E-state index contributed by atoms with van der Waals surface area (Å²) in [6.45, 7) is 5.93. The predicted octanol–water partition coefficient (Wildman–Crippen LogP) is 3.07. The molecule has 17 heavy (non-hydrogen) atoms. The van der Waals surface area contributed by atoms with Gasteiger partial charge in [0.2, 0.25) is 0 Å². The minimum absolute atomic E-state index is 0.447. The quantitative estimate of drug-likeness (QED) is 0.701. The molecule has 1 aromatic heterocycles. The Labute approximate surface area is 109 Å². The summed E-state index contributed by atoms with van der Waals surface area (Å²) in [5.74, 6) is 1.50. The summed E-state index contributed by atoms with van der Waals surface area (Å²) < 4.78 is 5.15. The third-order valence-corrected chi connectivity index (χ3v) is 3.23. The largest absolute Gasteiger partial charge is 0.383 e. The van der Waals surface area contributed by atoms with Gasteiger partial charge in [-0.25, -0.2) is 4.98 Å². The minimum atomic E-state index is 0.447. The van der Waals surface area contributed by atoms with Gasteiger partial charge in [-0.15, -0.1) is 11.6 Å². The van der Waals surface area contributed by atoms with E-state index in [9.17, 15) is 0 Å². The molecule has 1 unspecified atom stereocenters. The molecule has 0 aliphatic carbocycles. The van der Waals surface area contributed by atoms with Gasteiger partial charge < -0.3 is 9.64 Å². The number of nitrogens with zero attached hydrogens (tertiary/aromatic N) is 2. The van der Waals surface area contributed by atoms with Crippen molar-refractivity contribution in [1.82, 2.24) is 4.98 Å². The molecule has 0 aliphatic heterocycles. The summed E-state index contributed by atoms with van der Waals surface area (Å²) in [4.78, 5) is 6.68. The highest BCUT2D eigenvalue weighted by Crippen LogP contribution is 2.17. The summed E-state index contributed by atoms with van der Waals surface area (Å²) in [5.41, 5.74) is 1.10. The molecule has 1 aromatic rings. The Hall–Kier alpha value is -0.800. The lowest BCUT2D eigenvalue weighted by Gasteiger charge is -2.29. The van der Waals surface area contributed by atoms with Crippen molar-refractivity contribution in [2.75, 3.05) is 25.2 Å². The van der Waals surface area contributed by atoms with Crippen molar-refractivity contribution in [3.8, 4) is 0 Å². The smallest absolute Gasteiger partial charge is 0.129 e. The second-order valence-electron chi connectivity index (χ2n) is 4.10. The van der Waals surface area contributed by atoms with Gasteiger partial charge in [0.1, 0.15) is 5.82 Å². The normalized spacial score (nSPS) is 12.5. The Morgan fingerprint density at radius 3 is 2.88 bits per heavy atom. The molecule has 4 heteroatoms. The molecular formula is C13H21ClN2O. The number of pyridine rings is 1. The lowest BCUT2D eigenvalue weighted by molar-refractivity contribution is 0.203. The lowest BCUT2D eigenvalue weighted by Crippen LogP contribution is -2.36. The fourth-order valence-electron chi connectivity index (χ4n) is 1.67. The van der Waals surface area contributed by atoms with E-state index >= 15 is 0 Å². The standard InChI is InChI=1S/C13H21ClN2O/c1-4-11(2)16(7-8-17-3)13-9-12(10-14)5-6-15-13/h5-6,9,11H,4,7-8,10H2,1-3H3. The fraction of sp³-hybridized carbons (Fsp3) is 0.615. The molecule has 3 nitrogen and oxygen atoms in total. The maximum atomic E-state index is 5.85. The van der Waals surface area contributed by atoms with E-state index in [0.29, 0.717) is 18.5 Å². The topological polar surface area (TPSA) is 25.4 Å². The Morgan fingerprint density at radius 2 is 2.29 bits per heavy atom. The van der Waals surface area contributed by atoms with Gasteiger partial charge in [-0.05, 0) is 31.0 Å². The third-order valence-electron chi connectivity index (χ3n) is 2.92. The molecule has 1 atom stereocenters. The van der Waals surface area contributed by atoms with Crippen LogP contribution in [-0.4, -0.2) is 31.3 Å². The summed E-state index contributed by atoms with van der Waals surface area (Å²) in [7, 11) is 1.72. The molecule has 0 fully saturated rings. The van der Waals surface area contributed by atoms with Gasteiger partial charge in [-0.3, -0.25) is 0 Å². The molecule has 0 spiro atoms. The zero-order chi connectivity index (χ0) is 12.7. The van der Waals surface area contributed by atoms with Crippen molar-refractivity contribution in [3.63, 3.8) is 0 Å². The maximum absolute atomic E-state index is 5.85. The van der Waals surface area contributed by atoms with Crippen LogP contribution in [0.5, 0.6) is 0 Å². The summed E-state index contributed by atoms with van der Waals surface area (Å²) in [5, 5.41) is 0. The number of halogens is 1. The Morgan fingerprint density at radius 1 is 1.53 bits per heavy atom. The number of rotatable bonds is 7. The molecule has 0 bridgehead atoms. The first kappa shape index (κ1) is 14.3. The van der Waals surface area contributed by atoms with Crippen LogP contribution in [0, 0.1) is 0 Å². The number of ether oxygens (including phenoxy) is 1. The highest BCUT2D eigenvalue weighted by Gasteiger charge is 2.14. The predicted molar refractivity (Wildman–Crippen MR) is 72.8 cm³/mol. The van der Waals surface area contributed by atoms with Crippen molar-refractivity contribution in [2.45, 2.75) is 32.2 Å². The Bertz CT molecular complexity index is 333. The molecular weight excluding hydrogens is 236 g/mol. The van der Waals surface area contributed by atoms with E-state index in [1.54, 1.807) is 7.11 Å². The number of anilines is 1. The monoisotopic (exact) mass is 256 g/mol. The van der Waals surface area contributed by atoms with Crippen LogP contribution in [0.4, 0.5) is 5.82 Å². The number of alkyl halides is 1. The maximum Gasteiger partial charge on any atom is 0.129 e. The second kappa shape index (κ2) is 7.51. The first-order valence-electron chi connectivity index (χ1n) is 5.99. The first-order valence-corrected chi connectivity index (χ1v) is 6.52. The van der Waals surface area contributed by atoms with Crippen molar-refractivity contribution >= 4 is 17.4 Å². The molecule has 0 amide bonds. The highest BCUT2D eigenvalue weighted by atomic mass is 35.5. The van der Waals surface area contributed by atoms with E-state index in [-0.39, 0.29) is 0 Å². The van der Waals surface area contributed by atoms with Crippen LogP contribution in [0.25, 0.3) is 0 Å². The van der Waals surface area contributed by atoms with E-state index < -0.39 is 0 Å². The number of hydrogen-bond acceptors (Lipinski definition) is 3. The highest BCUT2D eigenvalue weighted by molar-refractivity contribution is 6.17. The van der Waals surface area contributed by atoms with Crippen molar-refractivity contribution in [1.29, 1.82) is 0 Å². The van der Waals surface area contributed by atoms with E-state index in [2.05, 4.69) is 29.8 Å². The fourth-order valence-corrected chi connectivity index (χ4v) is 1.84. The molecule has 0 aliphatic rings. The van der Waals surface area contributed by atoms with Crippen molar-refractivity contribution in [2.24, 2.45) is 0 Å². The van der Waals surface area contributed by atoms with Crippen LogP contribution in [0.1, 0.15) is 25.8 Å². The molecule has 0 saturated carbocycles. The summed E-state index contributed by atoms with van der Waals surface area (Å²) in [6, 6.07) is 4.44. The zero-order valence-electron chi connectivity index (χ0n) is 10.8. The second-order valence-corrected chi connectivity index (χ2v) is 4.37. The molecule has 1 rings (SSSR count). The Kier molecular flexibility index (Phi) is 6.30. The van der Waals surface area contributed by atoms with Crippen LogP contribution in [0.3, 0.4) is 0 Å². The van der Waals surface area contributed by atoms with Crippen LogP contribution in [0.2, 0.25) is 0 Å². The van der Waals surface area contributed by atoms with Gasteiger partial charge in [0.25, 0.3) is 0 Å². The third kappa shape index (κ3) is 4.17. The van der Waals surface area contributed by atoms with Crippen molar-refractivity contribution < 1.29 is 4.74 Å². The summed E-state index contributed by atoms with van der Waals surface area (Å²) in [6.07, 6.45) is 2.89. The molecule has 0 N–H and O–H groups in total. The molecule has 1 heterocycles.